The molecule has 0 aromatic rings. The van der Waals surface area contributed by atoms with Crippen molar-refractivity contribution >= 4 is 53.7 Å². The first-order chi connectivity index (χ1) is 7.25. The van der Waals surface area contributed by atoms with Crippen molar-refractivity contribution in [3.05, 3.63) is 0 Å². The largest absolute Gasteiger partial charge is 0.269 e. The SMILES string of the molecule is CC(C)N=C1S[C@@H]2CS(=O)(=O)C(Br)[C@]2(C)S1. The molecule has 2 fully saturated rings. The minimum Gasteiger partial charge on any atom is -0.269 e. The first-order valence-corrected chi connectivity index (χ1v) is 9.37. The van der Waals surface area contributed by atoms with Gasteiger partial charge in [0.25, 0.3) is 0 Å². The molecule has 2 aliphatic heterocycles. The van der Waals surface area contributed by atoms with Crippen LogP contribution in [0.4, 0.5) is 0 Å². The van der Waals surface area contributed by atoms with Gasteiger partial charge in [-0.3, -0.25) is 4.99 Å². The highest BCUT2D eigenvalue weighted by Gasteiger charge is 2.60. The zero-order valence-corrected chi connectivity index (χ0v) is 13.3. The average Bonchev–Trinajstić information content (AvgIpc) is 2.47. The maximum absolute atomic E-state index is 11.8. The van der Waals surface area contributed by atoms with Crippen molar-refractivity contribution in [2.24, 2.45) is 4.99 Å². The van der Waals surface area contributed by atoms with Crippen LogP contribution in [0.25, 0.3) is 0 Å². The number of alkyl halides is 1. The standard InChI is InChI=1S/C9H14BrNO2S3/c1-5(2)11-8-14-6-4-16(12,13)7(10)9(6,3)15-8/h5-7H,4H2,1-3H3/t6-,7?,9-/m1/s1. The monoisotopic (exact) mass is 343 g/mol. The van der Waals surface area contributed by atoms with Crippen molar-refractivity contribution in [3.63, 3.8) is 0 Å². The molecule has 2 rings (SSSR count). The molecule has 0 aromatic heterocycles. The van der Waals surface area contributed by atoms with Crippen LogP contribution in [0, 0.1) is 0 Å². The molecule has 2 saturated heterocycles. The first kappa shape index (κ1) is 13.2. The fourth-order valence-electron chi connectivity index (χ4n) is 1.83. The van der Waals surface area contributed by atoms with Gasteiger partial charge >= 0.3 is 0 Å². The summed E-state index contributed by atoms with van der Waals surface area (Å²) in [6, 6.07) is 0.266. The summed E-state index contributed by atoms with van der Waals surface area (Å²) >= 11 is 6.57. The van der Waals surface area contributed by atoms with Crippen LogP contribution in [0.5, 0.6) is 0 Å². The van der Waals surface area contributed by atoms with E-state index in [2.05, 4.69) is 20.9 Å². The van der Waals surface area contributed by atoms with E-state index in [1.54, 1.807) is 23.5 Å². The normalized spacial score (nSPS) is 44.2. The molecule has 1 unspecified atom stereocenters. The average molecular weight is 344 g/mol. The van der Waals surface area contributed by atoms with Gasteiger partial charge in [0.05, 0.1) is 10.5 Å². The zero-order valence-electron chi connectivity index (χ0n) is 9.31. The Bertz CT molecular complexity index is 434. The number of hydrogen-bond donors (Lipinski definition) is 0. The highest BCUT2D eigenvalue weighted by Crippen LogP contribution is 2.57. The van der Waals surface area contributed by atoms with Gasteiger partial charge in [0.2, 0.25) is 0 Å². The van der Waals surface area contributed by atoms with E-state index in [0.29, 0.717) is 0 Å². The van der Waals surface area contributed by atoms with Crippen LogP contribution in [0.1, 0.15) is 20.8 Å². The Balaban J connectivity index is 2.28. The van der Waals surface area contributed by atoms with Gasteiger partial charge in [-0.1, -0.05) is 39.5 Å². The topological polar surface area (TPSA) is 46.5 Å². The van der Waals surface area contributed by atoms with Crippen molar-refractivity contribution in [1.29, 1.82) is 0 Å². The van der Waals surface area contributed by atoms with Gasteiger partial charge in [-0.2, -0.15) is 0 Å². The number of sulfone groups is 1. The lowest BCUT2D eigenvalue weighted by molar-refractivity contribution is 0.599. The molecule has 92 valence electrons. The van der Waals surface area contributed by atoms with Gasteiger partial charge in [-0.15, -0.1) is 0 Å². The molecule has 0 radical (unpaired) electrons. The first-order valence-electron chi connectivity index (χ1n) is 5.05. The molecular weight excluding hydrogens is 330 g/mol. The lowest BCUT2D eigenvalue weighted by Crippen LogP contribution is -2.33. The van der Waals surface area contributed by atoms with E-state index in [-0.39, 0.29) is 21.8 Å². The lowest BCUT2D eigenvalue weighted by Gasteiger charge is -2.22. The van der Waals surface area contributed by atoms with E-state index in [1.807, 2.05) is 20.8 Å². The third kappa shape index (κ3) is 2.08. The number of nitrogens with zero attached hydrogens (tertiary/aromatic N) is 1. The van der Waals surface area contributed by atoms with E-state index < -0.39 is 14.0 Å². The lowest BCUT2D eigenvalue weighted by atomic mass is 10.1. The molecule has 0 aromatic carbocycles. The Labute approximate surface area is 113 Å². The molecule has 0 bridgehead atoms. The van der Waals surface area contributed by atoms with Crippen LogP contribution in [0.2, 0.25) is 0 Å². The fourth-order valence-corrected chi connectivity index (χ4v) is 9.69. The number of hydrogen-bond acceptors (Lipinski definition) is 5. The zero-order chi connectivity index (χ0) is 12.1. The Kier molecular flexibility index (Phi) is 3.45. The van der Waals surface area contributed by atoms with E-state index in [9.17, 15) is 8.42 Å². The van der Waals surface area contributed by atoms with Crippen LogP contribution in [-0.4, -0.2) is 38.7 Å². The summed E-state index contributed by atoms with van der Waals surface area (Å²) < 4.78 is 23.9. The summed E-state index contributed by atoms with van der Waals surface area (Å²) in [4.78, 5) is 4.51. The quantitative estimate of drug-likeness (QED) is 0.686. The summed E-state index contributed by atoms with van der Waals surface area (Å²) in [6.45, 7) is 6.09. The molecule has 16 heavy (non-hydrogen) atoms. The number of halogens is 1. The third-order valence-electron chi connectivity index (χ3n) is 2.70. The predicted octanol–water partition coefficient (Wildman–Crippen LogP) is 2.51. The van der Waals surface area contributed by atoms with E-state index in [1.165, 1.54) is 0 Å². The molecule has 3 atom stereocenters. The van der Waals surface area contributed by atoms with Crippen LogP contribution in [0.3, 0.4) is 0 Å². The van der Waals surface area contributed by atoms with E-state index in [0.717, 1.165) is 4.38 Å². The molecular formula is C9H14BrNO2S3. The highest BCUT2D eigenvalue weighted by atomic mass is 79.9. The van der Waals surface area contributed by atoms with Crippen LogP contribution in [0.15, 0.2) is 4.99 Å². The Morgan fingerprint density at radius 2 is 2.19 bits per heavy atom. The molecule has 2 aliphatic rings. The summed E-state index contributed by atoms with van der Waals surface area (Å²) in [5.41, 5.74) is 0. The maximum atomic E-state index is 11.8. The second kappa shape index (κ2) is 4.17. The molecule has 0 spiro atoms. The molecule has 2 heterocycles. The highest BCUT2D eigenvalue weighted by molar-refractivity contribution is 9.11. The summed E-state index contributed by atoms with van der Waals surface area (Å²) in [6.07, 6.45) is 0. The Hall–Kier alpha value is 0.800. The van der Waals surface area contributed by atoms with E-state index in [4.69, 9.17) is 0 Å². The minimum atomic E-state index is -2.97. The molecule has 3 nitrogen and oxygen atoms in total. The van der Waals surface area contributed by atoms with Crippen molar-refractivity contribution in [1.82, 2.24) is 0 Å². The molecule has 0 amide bonds. The van der Waals surface area contributed by atoms with E-state index >= 15 is 0 Å². The number of rotatable bonds is 1. The second-order valence-electron chi connectivity index (χ2n) is 4.53. The number of aliphatic imine (C=N–C) groups is 1. The smallest absolute Gasteiger partial charge is 0.165 e. The van der Waals surface area contributed by atoms with Gasteiger partial charge in [0.15, 0.2) is 9.84 Å². The Morgan fingerprint density at radius 3 is 2.69 bits per heavy atom. The summed E-state index contributed by atoms with van der Waals surface area (Å²) in [5, 5.41) is 0.129. The molecule has 0 saturated carbocycles. The van der Waals surface area contributed by atoms with Crippen molar-refractivity contribution in [2.75, 3.05) is 5.75 Å². The van der Waals surface area contributed by atoms with Crippen LogP contribution < -0.4 is 0 Å². The third-order valence-corrected chi connectivity index (χ3v) is 11.1. The van der Waals surface area contributed by atoms with Crippen molar-refractivity contribution in [2.45, 2.75) is 41.0 Å². The molecule has 7 heteroatoms. The van der Waals surface area contributed by atoms with Crippen LogP contribution in [-0.2, 0) is 9.84 Å². The summed E-state index contributed by atoms with van der Waals surface area (Å²) in [7, 11) is -2.97. The summed E-state index contributed by atoms with van der Waals surface area (Å²) in [5.74, 6) is 0.258. The van der Waals surface area contributed by atoms with Crippen LogP contribution >= 0.6 is 39.5 Å². The Morgan fingerprint density at radius 1 is 1.56 bits per heavy atom. The minimum absolute atomic E-state index is 0.129. The van der Waals surface area contributed by atoms with Gasteiger partial charge in [-0.25, -0.2) is 8.42 Å². The molecule has 0 aliphatic carbocycles. The van der Waals surface area contributed by atoms with Gasteiger partial charge in [-0.05, 0) is 20.8 Å². The second-order valence-corrected chi connectivity index (χ2v) is 11.1. The number of fused-ring (bicyclic) bond motifs is 1. The maximum Gasteiger partial charge on any atom is 0.165 e. The fraction of sp³-hybridized carbons (Fsp3) is 0.889. The van der Waals surface area contributed by atoms with Crippen molar-refractivity contribution in [3.8, 4) is 0 Å². The number of thioether (sulfide) groups is 2. The van der Waals surface area contributed by atoms with Gasteiger partial charge < -0.3 is 0 Å². The van der Waals surface area contributed by atoms with Gasteiger partial charge in [0.1, 0.15) is 8.53 Å². The molecule has 0 N–H and O–H groups in total. The predicted molar refractivity (Wildman–Crippen MR) is 76.4 cm³/mol. The van der Waals surface area contributed by atoms with Gasteiger partial charge in [0, 0.05) is 11.3 Å². The van der Waals surface area contributed by atoms with Crippen molar-refractivity contribution < 1.29 is 8.42 Å².